The van der Waals surface area contributed by atoms with Crippen LogP contribution in [0.2, 0.25) is 5.02 Å². The molecule has 0 aliphatic carbocycles. The zero-order valence-corrected chi connectivity index (χ0v) is 20.1. The average Bonchev–Trinajstić information content (AvgIpc) is 2.89. The highest BCUT2D eigenvalue weighted by Crippen LogP contribution is 2.28. The number of carbonyl (C=O) groups is 2. The zero-order valence-electron chi connectivity index (χ0n) is 19.4. The summed E-state index contributed by atoms with van der Waals surface area (Å²) in [5.74, 6) is -2.23. The molecular weight excluding hydrogens is 479 g/mol. The standard InChI is InChI=1S/C30H24ClFO4/c31-23-12-10-22(11-13-23)21-8-5-20(6-9-21)7-18-28(30(34)35)26-3-1-2-4-27(26)29(33)19-36-25-16-14-24(32)15-17-25/h1-6,8-17,28H,7,18-19H2,(H,34,35). The summed E-state index contributed by atoms with van der Waals surface area (Å²) >= 11 is 5.96. The van der Waals surface area contributed by atoms with Gasteiger partial charge in [0.05, 0.1) is 5.92 Å². The molecule has 4 aromatic carbocycles. The lowest BCUT2D eigenvalue weighted by molar-refractivity contribution is -0.138. The van der Waals surface area contributed by atoms with Crippen molar-refractivity contribution in [3.05, 3.63) is 125 Å². The van der Waals surface area contributed by atoms with Crippen molar-refractivity contribution in [1.29, 1.82) is 0 Å². The maximum atomic E-state index is 13.1. The van der Waals surface area contributed by atoms with Crippen LogP contribution >= 0.6 is 11.6 Å². The molecule has 0 aromatic heterocycles. The maximum Gasteiger partial charge on any atom is 0.311 e. The van der Waals surface area contributed by atoms with E-state index in [-0.39, 0.29) is 12.4 Å². The molecule has 4 nitrogen and oxygen atoms in total. The first-order valence-electron chi connectivity index (χ1n) is 11.5. The van der Waals surface area contributed by atoms with Crippen LogP contribution < -0.4 is 4.74 Å². The molecule has 0 fully saturated rings. The predicted octanol–water partition coefficient (Wildman–Crippen LogP) is 7.21. The van der Waals surface area contributed by atoms with E-state index >= 15 is 0 Å². The van der Waals surface area contributed by atoms with E-state index in [0.717, 1.165) is 16.7 Å². The van der Waals surface area contributed by atoms with E-state index in [1.807, 2.05) is 48.5 Å². The first-order valence-corrected chi connectivity index (χ1v) is 11.9. The largest absolute Gasteiger partial charge is 0.485 e. The van der Waals surface area contributed by atoms with Gasteiger partial charge in [0.25, 0.3) is 0 Å². The molecular formula is C30H24ClFO4. The van der Waals surface area contributed by atoms with Crippen molar-refractivity contribution in [3.8, 4) is 16.9 Å². The molecule has 1 atom stereocenters. The van der Waals surface area contributed by atoms with Crippen LogP contribution in [-0.2, 0) is 11.2 Å². The quantitative estimate of drug-likeness (QED) is 0.233. The van der Waals surface area contributed by atoms with Crippen LogP contribution in [0.5, 0.6) is 5.75 Å². The van der Waals surface area contributed by atoms with Crippen LogP contribution in [0, 0.1) is 5.82 Å². The fraction of sp³-hybridized carbons (Fsp3) is 0.133. The van der Waals surface area contributed by atoms with Crippen LogP contribution in [0.25, 0.3) is 11.1 Å². The minimum absolute atomic E-state index is 0.277. The minimum Gasteiger partial charge on any atom is -0.485 e. The fourth-order valence-corrected chi connectivity index (χ4v) is 4.17. The number of aliphatic carboxylic acids is 1. The van der Waals surface area contributed by atoms with Crippen molar-refractivity contribution >= 4 is 23.4 Å². The van der Waals surface area contributed by atoms with Gasteiger partial charge in [-0.25, -0.2) is 4.39 Å². The number of carbonyl (C=O) groups excluding carboxylic acids is 1. The number of benzene rings is 4. The van der Waals surface area contributed by atoms with E-state index in [1.54, 1.807) is 24.3 Å². The van der Waals surface area contributed by atoms with E-state index in [2.05, 4.69) is 0 Å². The minimum atomic E-state index is -0.993. The smallest absolute Gasteiger partial charge is 0.311 e. The topological polar surface area (TPSA) is 63.6 Å². The van der Waals surface area contributed by atoms with Crippen LogP contribution in [0.15, 0.2) is 97.1 Å². The van der Waals surface area contributed by atoms with Gasteiger partial charge < -0.3 is 9.84 Å². The second-order valence-corrected chi connectivity index (χ2v) is 8.82. The monoisotopic (exact) mass is 502 g/mol. The molecule has 4 rings (SSSR count). The molecule has 0 saturated carbocycles. The summed E-state index contributed by atoms with van der Waals surface area (Å²) in [7, 11) is 0. The molecule has 0 bridgehead atoms. The molecule has 0 aliphatic heterocycles. The number of aryl methyl sites for hydroxylation is 1. The first-order chi connectivity index (χ1) is 17.4. The predicted molar refractivity (Wildman–Crippen MR) is 138 cm³/mol. The van der Waals surface area contributed by atoms with E-state index < -0.39 is 17.7 Å². The highest BCUT2D eigenvalue weighted by atomic mass is 35.5. The molecule has 6 heteroatoms. The van der Waals surface area contributed by atoms with Gasteiger partial charge in [-0.2, -0.15) is 0 Å². The Labute approximate surface area is 213 Å². The summed E-state index contributed by atoms with van der Waals surface area (Å²) in [6.07, 6.45) is 0.866. The van der Waals surface area contributed by atoms with Gasteiger partial charge >= 0.3 is 5.97 Å². The van der Waals surface area contributed by atoms with E-state index in [4.69, 9.17) is 16.3 Å². The summed E-state index contributed by atoms with van der Waals surface area (Å²) in [6, 6.07) is 27.6. The van der Waals surface area contributed by atoms with Crippen LogP contribution in [0.3, 0.4) is 0 Å². The first kappa shape index (κ1) is 25.1. The van der Waals surface area contributed by atoms with E-state index in [1.165, 1.54) is 24.3 Å². The number of hydrogen-bond acceptors (Lipinski definition) is 3. The number of ketones is 1. The average molecular weight is 503 g/mol. The van der Waals surface area contributed by atoms with Crippen LogP contribution in [0.1, 0.15) is 33.8 Å². The molecule has 182 valence electrons. The summed E-state index contributed by atoms with van der Waals surface area (Å²) in [5.41, 5.74) is 3.86. The molecule has 0 spiro atoms. The van der Waals surface area contributed by atoms with E-state index in [9.17, 15) is 19.1 Å². The molecule has 4 aromatic rings. The SMILES string of the molecule is O=C(COc1ccc(F)cc1)c1ccccc1C(CCc1ccc(-c2ccc(Cl)cc2)cc1)C(=O)O. The van der Waals surface area contributed by atoms with Crippen LogP contribution in [0.4, 0.5) is 4.39 Å². The number of ether oxygens (including phenoxy) is 1. The number of carboxylic acid groups (broad SMARTS) is 1. The van der Waals surface area contributed by atoms with Gasteiger partial charge in [-0.1, -0.05) is 72.3 Å². The Morgan fingerprint density at radius 1 is 0.833 bits per heavy atom. The van der Waals surface area contributed by atoms with Crippen molar-refractivity contribution in [3.63, 3.8) is 0 Å². The molecule has 0 heterocycles. The van der Waals surface area contributed by atoms with Crippen molar-refractivity contribution in [2.45, 2.75) is 18.8 Å². The van der Waals surface area contributed by atoms with Crippen molar-refractivity contribution < 1.29 is 23.8 Å². The van der Waals surface area contributed by atoms with Gasteiger partial charge in [0.15, 0.2) is 6.61 Å². The fourth-order valence-electron chi connectivity index (χ4n) is 4.04. The second kappa shape index (κ2) is 11.6. The number of carboxylic acids is 1. The lowest BCUT2D eigenvalue weighted by Crippen LogP contribution is -2.19. The summed E-state index contributed by atoms with van der Waals surface area (Å²) in [4.78, 5) is 25.1. The Balaban J connectivity index is 1.45. The molecule has 1 unspecified atom stereocenters. The van der Waals surface area contributed by atoms with Gasteiger partial charge in [-0.15, -0.1) is 0 Å². The Hall–Kier alpha value is -3.96. The van der Waals surface area contributed by atoms with Crippen LogP contribution in [-0.4, -0.2) is 23.5 Å². The third kappa shape index (κ3) is 6.37. The number of hydrogen-bond donors (Lipinski definition) is 1. The third-order valence-corrected chi connectivity index (χ3v) is 6.22. The van der Waals surface area contributed by atoms with Gasteiger partial charge in [0.2, 0.25) is 5.78 Å². The van der Waals surface area contributed by atoms with Crippen molar-refractivity contribution in [2.24, 2.45) is 0 Å². The maximum absolute atomic E-state index is 13.1. The molecule has 1 N–H and O–H groups in total. The molecule has 0 saturated heterocycles. The highest BCUT2D eigenvalue weighted by Gasteiger charge is 2.25. The number of rotatable bonds is 10. The Morgan fingerprint density at radius 2 is 1.44 bits per heavy atom. The molecule has 0 aliphatic rings. The van der Waals surface area contributed by atoms with Gasteiger partial charge in [0.1, 0.15) is 11.6 Å². The summed E-state index contributed by atoms with van der Waals surface area (Å²) < 4.78 is 18.6. The molecule has 0 amide bonds. The van der Waals surface area contributed by atoms with Crippen molar-refractivity contribution in [1.82, 2.24) is 0 Å². The van der Waals surface area contributed by atoms with Gasteiger partial charge in [-0.05, 0) is 71.5 Å². The summed E-state index contributed by atoms with van der Waals surface area (Å²) in [6.45, 7) is -0.277. The lowest BCUT2D eigenvalue weighted by atomic mass is 9.87. The lowest BCUT2D eigenvalue weighted by Gasteiger charge is -2.17. The Bertz CT molecular complexity index is 1330. The summed E-state index contributed by atoms with van der Waals surface area (Å²) in [5, 5.41) is 10.6. The van der Waals surface area contributed by atoms with E-state index in [0.29, 0.717) is 34.7 Å². The Kier molecular flexibility index (Phi) is 8.13. The normalized spacial score (nSPS) is 11.6. The van der Waals surface area contributed by atoms with Crippen molar-refractivity contribution in [2.75, 3.05) is 6.61 Å². The molecule has 36 heavy (non-hydrogen) atoms. The van der Waals surface area contributed by atoms with Gasteiger partial charge in [-0.3, -0.25) is 9.59 Å². The van der Waals surface area contributed by atoms with Gasteiger partial charge in [0, 0.05) is 10.6 Å². The zero-order chi connectivity index (χ0) is 25.5. The third-order valence-electron chi connectivity index (χ3n) is 5.97. The number of Topliss-reactive ketones (excluding diaryl/α,β-unsaturated/α-hetero) is 1. The molecule has 0 radical (unpaired) electrons. The second-order valence-electron chi connectivity index (χ2n) is 8.39. The number of halogens is 2. The Morgan fingerprint density at radius 3 is 2.08 bits per heavy atom. The highest BCUT2D eigenvalue weighted by molar-refractivity contribution is 6.30.